The van der Waals surface area contributed by atoms with E-state index in [1.807, 2.05) is 0 Å². The SMILES string of the molecule is CC(C)CCN(C)C(=O)c1ccc(N)c([N+](=O)[O-])c1. The number of nitrogen functional groups attached to an aromatic ring is 1. The number of benzene rings is 1. The highest BCUT2D eigenvalue weighted by atomic mass is 16.6. The zero-order valence-corrected chi connectivity index (χ0v) is 11.4. The predicted molar refractivity (Wildman–Crippen MR) is 73.9 cm³/mol. The van der Waals surface area contributed by atoms with E-state index in [2.05, 4.69) is 13.8 Å². The summed E-state index contributed by atoms with van der Waals surface area (Å²) in [4.78, 5) is 23.9. The van der Waals surface area contributed by atoms with Gasteiger partial charge in [-0.2, -0.15) is 0 Å². The summed E-state index contributed by atoms with van der Waals surface area (Å²) in [6, 6.07) is 4.13. The second-order valence-electron chi connectivity index (χ2n) is 4.94. The Balaban J connectivity index is 2.88. The molecule has 0 aromatic heterocycles. The van der Waals surface area contributed by atoms with E-state index in [4.69, 9.17) is 5.73 Å². The molecule has 0 saturated heterocycles. The molecule has 6 nitrogen and oxygen atoms in total. The van der Waals surface area contributed by atoms with E-state index in [0.29, 0.717) is 12.5 Å². The van der Waals surface area contributed by atoms with Crippen molar-refractivity contribution in [2.45, 2.75) is 20.3 Å². The summed E-state index contributed by atoms with van der Waals surface area (Å²) in [6.07, 6.45) is 0.888. The molecular formula is C13H19N3O3. The van der Waals surface area contributed by atoms with Crippen LogP contribution in [0.25, 0.3) is 0 Å². The van der Waals surface area contributed by atoms with Gasteiger partial charge in [0.05, 0.1) is 4.92 Å². The highest BCUT2D eigenvalue weighted by Crippen LogP contribution is 2.23. The summed E-state index contributed by atoms with van der Waals surface area (Å²) in [5.74, 6) is 0.264. The Bertz CT molecular complexity index is 486. The number of hydrogen-bond acceptors (Lipinski definition) is 4. The molecule has 1 aromatic rings. The number of amides is 1. The largest absolute Gasteiger partial charge is 0.393 e. The first kappa shape index (κ1) is 14.9. The van der Waals surface area contributed by atoms with E-state index >= 15 is 0 Å². The number of nitro benzene ring substituents is 1. The molecule has 104 valence electrons. The molecule has 0 fully saturated rings. The molecule has 19 heavy (non-hydrogen) atoms. The Kier molecular flexibility index (Phi) is 4.86. The number of anilines is 1. The molecule has 2 N–H and O–H groups in total. The molecule has 1 amide bonds. The summed E-state index contributed by atoms with van der Waals surface area (Å²) in [7, 11) is 1.69. The molecule has 0 atom stereocenters. The van der Waals surface area contributed by atoms with Crippen LogP contribution < -0.4 is 5.73 Å². The number of nitrogens with zero attached hydrogens (tertiary/aromatic N) is 2. The second-order valence-corrected chi connectivity index (χ2v) is 4.94. The minimum atomic E-state index is -0.583. The van der Waals surface area contributed by atoms with E-state index < -0.39 is 4.92 Å². The topological polar surface area (TPSA) is 89.5 Å². The van der Waals surface area contributed by atoms with Crippen LogP contribution in [0, 0.1) is 16.0 Å². The summed E-state index contributed by atoms with van der Waals surface area (Å²) >= 11 is 0. The van der Waals surface area contributed by atoms with Crippen molar-refractivity contribution in [1.82, 2.24) is 4.90 Å². The summed E-state index contributed by atoms with van der Waals surface area (Å²) in [5, 5.41) is 10.8. The normalized spacial score (nSPS) is 10.5. The Hall–Kier alpha value is -2.11. The smallest absolute Gasteiger partial charge is 0.292 e. The first-order valence-electron chi connectivity index (χ1n) is 6.12. The van der Waals surface area contributed by atoms with Gasteiger partial charge in [-0.25, -0.2) is 0 Å². The number of nitro groups is 1. The summed E-state index contributed by atoms with van der Waals surface area (Å²) < 4.78 is 0. The third-order valence-corrected chi connectivity index (χ3v) is 2.86. The highest BCUT2D eigenvalue weighted by Gasteiger charge is 2.18. The van der Waals surface area contributed by atoms with Crippen molar-refractivity contribution < 1.29 is 9.72 Å². The van der Waals surface area contributed by atoms with Gasteiger partial charge in [-0.1, -0.05) is 13.8 Å². The maximum absolute atomic E-state index is 12.1. The number of carbonyl (C=O) groups excluding carboxylic acids is 1. The molecule has 1 rings (SSSR count). The number of carbonyl (C=O) groups is 1. The molecule has 0 aliphatic carbocycles. The van der Waals surface area contributed by atoms with Crippen LogP contribution >= 0.6 is 0 Å². The van der Waals surface area contributed by atoms with Crippen LogP contribution in [-0.4, -0.2) is 29.3 Å². The molecule has 0 bridgehead atoms. The maximum Gasteiger partial charge on any atom is 0.292 e. The predicted octanol–water partition coefficient (Wildman–Crippen LogP) is 2.30. The second kappa shape index (κ2) is 6.17. The maximum atomic E-state index is 12.1. The molecule has 0 radical (unpaired) electrons. The van der Waals surface area contributed by atoms with Gasteiger partial charge in [-0.05, 0) is 24.5 Å². The summed E-state index contributed by atoms with van der Waals surface area (Å²) in [5.41, 5.74) is 5.61. The third kappa shape index (κ3) is 3.94. The molecule has 0 aliphatic heterocycles. The Labute approximate surface area is 112 Å². The highest BCUT2D eigenvalue weighted by molar-refractivity contribution is 5.95. The van der Waals surface area contributed by atoms with Crippen molar-refractivity contribution in [2.75, 3.05) is 19.3 Å². The molecule has 0 aliphatic rings. The molecule has 0 heterocycles. The van der Waals surface area contributed by atoms with Crippen LogP contribution in [-0.2, 0) is 0 Å². The van der Waals surface area contributed by atoms with Crippen LogP contribution in [0.2, 0.25) is 0 Å². The monoisotopic (exact) mass is 265 g/mol. The zero-order valence-electron chi connectivity index (χ0n) is 11.4. The van der Waals surface area contributed by atoms with Crippen molar-refractivity contribution in [3.8, 4) is 0 Å². The van der Waals surface area contributed by atoms with Crippen molar-refractivity contribution in [2.24, 2.45) is 5.92 Å². The number of hydrogen-bond donors (Lipinski definition) is 1. The average molecular weight is 265 g/mol. The first-order valence-corrected chi connectivity index (χ1v) is 6.12. The fourth-order valence-electron chi connectivity index (χ4n) is 1.61. The lowest BCUT2D eigenvalue weighted by atomic mass is 10.1. The molecule has 6 heteroatoms. The van der Waals surface area contributed by atoms with Crippen LogP contribution in [0.3, 0.4) is 0 Å². The fourth-order valence-corrected chi connectivity index (χ4v) is 1.61. The number of rotatable bonds is 5. The van der Waals surface area contributed by atoms with Crippen LogP contribution in [0.5, 0.6) is 0 Å². The lowest BCUT2D eigenvalue weighted by Gasteiger charge is -2.18. The standard InChI is InChI=1S/C13H19N3O3/c1-9(2)6-7-15(3)13(17)10-4-5-11(14)12(8-10)16(18)19/h4-5,8-9H,6-7,14H2,1-3H3. The molecule has 0 saturated carbocycles. The number of nitrogens with two attached hydrogens (primary N) is 1. The zero-order chi connectivity index (χ0) is 14.6. The Morgan fingerprint density at radius 3 is 2.63 bits per heavy atom. The minimum absolute atomic E-state index is 0.0615. The minimum Gasteiger partial charge on any atom is -0.393 e. The van der Waals surface area contributed by atoms with Crippen molar-refractivity contribution in [3.05, 3.63) is 33.9 Å². The van der Waals surface area contributed by atoms with Crippen LogP contribution in [0.4, 0.5) is 11.4 Å². The van der Waals surface area contributed by atoms with Gasteiger partial charge in [0.1, 0.15) is 5.69 Å². The summed E-state index contributed by atoms with van der Waals surface area (Å²) in [6.45, 7) is 4.77. The Morgan fingerprint density at radius 2 is 2.11 bits per heavy atom. The third-order valence-electron chi connectivity index (χ3n) is 2.86. The lowest BCUT2D eigenvalue weighted by molar-refractivity contribution is -0.383. The van der Waals surface area contributed by atoms with E-state index in [9.17, 15) is 14.9 Å². The van der Waals surface area contributed by atoms with E-state index in [1.54, 1.807) is 11.9 Å². The van der Waals surface area contributed by atoms with Gasteiger partial charge < -0.3 is 10.6 Å². The average Bonchev–Trinajstić information content (AvgIpc) is 2.35. The molecule has 1 aromatic carbocycles. The van der Waals surface area contributed by atoms with Gasteiger partial charge in [-0.3, -0.25) is 14.9 Å². The fraction of sp³-hybridized carbons (Fsp3) is 0.462. The van der Waals surface area contributed by atoms with Gasteiger partial charge in [0.25, 0.3) is 11.6 Å². The molecule has 0 spiro atoms. The quantitative estimate of drug-likeness (QED) is 0.502. The van der Waals surface area contributed by atoms with Gasteiger partial charge in [-0.15, -0.1) is 0 Å². The van der Waals surface area contributed by atoms with Gasteiger partial charge >= 0.3 is 0 Å². The van der Waals surface area contributed by atoms with Crippen LogP contribution in [0.1, 0.15) is 30.6 Å². The van der Waals surface area contributed by atoms with Crippen molar-refractivity contribution in [3.63, 3.8) is 0 Å². The lowest BCUT2D eigenvalue weighted by Crippen LogP contribution is -2.28. The first-order chi connectivity index (χ1) is 8.82. The van der Waals surface area contributed by atoms with Gasteiger partial charge in [0, 0.05) is 25.2 Å². The van der Waals surface area contributed by atoms with E-state index in [-0.39, 0.29) is 22.8 Å². The Morgan fingerprint density at radius 1 is 1.47 bits per heavy atom. The molecular weight excluding hydrogens is 246 g/mol. The van der Waals surface area contributed by atoms with E-state index in [0.717, 1.165) is 6.42 Å². The molecule has 0 unspecified atom stereocenters. The van der Waals surface area contributed by atoms with Gasteiger partial charge in [0.2, 0.25) is 0 Å². The van der Waals surface area contributed by atoms with E-state index in [1.165, 1.54) is 18.2 Å². The van der Waals surface area contributed by atoms with Gasteiger partial charge in [0.15, 0.2) is 0 Å². The van der Waals surface area contributed by atoms with Crippen LogP contribution in [0.15, 0.2) is 18.2 Å². The van der Waals surface area contributed by atoms with Crippen molar-refractivity contribution in [1.29, 1.82) is 0 Å². The van der Waals surface area contributed by atoms with Crippen molar-refractivity contribution >= 4 is 17.3 Å².